The van der Waals surface area contributed by atoms with E-state index < -0.39 is 30.5 Å². The molecule has 8 nitrogen and oxygen atoms in total. The number of benzene rings is 1. The first-order chi connectivity index (χ1) is 13.3. The van der Waals surface area contributed by atoms with Crippen LogP contribution in [0.1, 0.15) is 32.3 Å². The van der Waals surface area contributed by atoms with Crippen LogP contribution in [0.2, 0.25) is 0 Å². The molecule has 1 aromatic rings. The number of hydrogen-bond donors (Lipinski definition) is 2. The average Bonchev–Trinajstić information content (AvgIpc) is 2.65. The van der Waals surface area contributed by atoms with Crippen molar-refractivity contribution in [3.63, 3.8) is 0 Å². The highest BCUT2D eigenvalue weighted by Gasteiger charge is 2.23. The molecule has 1 atom stereocenters. The third-order valence-electron chi connectivity index (χ3n) is 3.75. The van der Waals surface area contributed by atoms with E-state index in [-0.39, 0.29) is 31.2 Å². The Morgan fingerprint density at radius 1 is 1.04 bits per heavy atom. The van der Waals surface area contributed by atoms with Gasteiger partial charge in [-0.25, -0.2) is 4.79 Å². The van der Waals surface area contributed by atoms with Crippen molar-refractivity contribution in [3.05, 3.63) is 35.9 Å². The van der Waals surface area contributed by atoms with Crippen LogP contribution in [-0.2, 0) is 35.1 Å². The predicted molar refractivity (Wildman–Crippen MR) is 102 cm³/mol. The Morgan fingerprint density at radius 2 is 1.71 bits per heavy atom. The summed E-state index contributed by atoms with van der Waals surface area (Å²) < 4.78 is 9.52. The number of nitrogens with one attached hydrogen (secondary N) is 2. The maximum Gasteiger partial charge on any atom is 0.328 e. The molecule has 0 saturated heterocycles. The van der Waals surface area contributed by atoms with E-state index >= 15 is 0 Å². The van der Waals surface area contributed by atoms with E-state index in [1.165, 1.54) is 7.11 Å². The highest BCUT2D eigenvalue weighted by Crippen LogP contribution is 2.06. The maximum absolute atomic E-state index is 11.9. The molecule has 1 aromatic carbocycles. The molecule has 0 fully saturated rings. The predicted octanol–water partition coefficient (Wildman–Crippen LogP) is 0.983. The van der Waals surface area contributed by atoms with Crippen LogP contribution in [-0.4, -0.2) is 50.1 Å². The van der Waals surface area contributed by atoms with Gasteiger partial charge in [0.1, 0.15) is 6.04 Å². The van der Waals surface area contributed by atoms with E-state index in [0.717, 1.165) is 5.56 Å². The molecule has 154 valence electrons. The highest BCUT2D eigenvalue weighted by molar-refractivity contribution is 5.86. The number of ether oxygens (including phenoxy) is 2. The molecule has 2 N–H and O–H groups in total. The van der Waals surface area contributed by atoms with Crippen LogP contribution in [0.5, 0.6) is 0 Å². The minimum absolute atomic E-state index is 0.0553. The molecule has 28 heavy (non-hydrogen) atoms. The molecule has 0 aromatic heterocycles. The Kier molecular flexibility index (Phi) is 10.3. The van der Waals surface area contributed by atoms with E-state index in [2.05, 4.69) is 15.4 Å². The molecule has 0 bridgehead atoms. The van der Waals surface area contributed by atoms with Crippen molar-refractivity contribution in [1.82, 2.24) is 10.6 Å². The van der Waals surface area contributed by atoms with Gasteiger partial charge >= 0.3 is 11.9 Å². The quantitative estimate of drug-likeness (QED) is 0.543. The smallest absolute Gasteiger partial charge is 0.328 e. The zero-order chi connectivity index (χ0) is 20.9. The summed E-state index contributed by atoms with van der Waals surface area (Å²) in [6, 6.07) is 8.45. The van der Waals surface area contributed by atoms with Gasteiger partial charge in [-0.2, -0.15) is 0 Å². The van der Waals surface area contributed by atoms with Crippen molar-refractivity contribution in [2.45, 2.75) is 39.2 Å². The third kappa shape index (κ3) is 9.70. The average molecular weight is 392 g/mol. The largest absolute Gasteiger partial charge is 0.467 e. The van der Waals surface area contributed by atoms with Gasteiger partial charge in [-0.3, -0.25) is 14.4 Å². The molecule has 1 rings (SSSR count). The summed E-state index contributed by atoms with van der Waals surface area (Å²) in [6.45, 7) is 3.44. The first-order valence-electron chi connectivity index (χ1n) is 9.15. The van der Waals surface area contributed by atoms with Crippen LogP contribution in [0.3, 0.4) is 0 Å². The first-order valence-corrected chi connectivity index (χ1v) is 9.15. The van der Waals surface area contributed by atoms with Crippen molar-refractivity contribution in [2.24, 2.45) is 5.92 Å². The lowest BCUT2D eigenvalue weighted by molar-refractivity contribution is -0.150. The zero-order valence-corrected chi connectivity index (χ0v) is 16.5. The van der Waals surface area contributed by atoms with Gasteiger partial charge in [0.2, 0.25) is 5.91 Å². The lowest BCUT2D eigenvalue weighted by Gasteiger charge is -2.18. The van der Waals surface area contributed by atoms with Crippen LogP contribution < -0.4 is 10.6 Å². The Labute approximate surface area is 165 Å². The zero-order valence-electron chi connectivity index (χ0n) is 16.5. The van der Waals surface area contributed by atoms with Gasteiger partial charge in [0.05, 0.1) is 20.0 Å². The number of methoxy groups -OCH3 is 1. The molecule has 2 amide bonds. The van der Waals surface area contributed by atoms with Gasteiger partial charge in [0, 0.05) is 6.54 Å². The van der Waals surface area contributed by atoms with Crippen LogP contribution in [0.4, 0.5) is 0 Å². The lowest BCUT2D eigenvalue weighted by atomic mass is 10.0. The fourth-order valence-electron chi connectivity index (χ4n) is 2.43. The van der Waals surface area contributed by atoms with Crippen molar-refractivity contribution in [3.8, 4) is 0 Å². The van der Waals surface area contributed by atoms with Gasteiger partial charge in [-0.15, -0.1) is 0 Å². The summed E-state index contributed by atoms with van der Waals surface area (Å²) >= 11 is 0. The molecule has 0 heterocycles. The number of carbonyl (C=O) groups excluding carboxylic acids is 4. The summed E-state index contributed by atoms with van der Waals surface area (Å²) in [4.78, 5) is 47.0. The number of esters is 2. The van der Waals surface area contributed by atoms with Crippen molar-refractivity contribution >= 4 is 23.8 Å². The summed E-state index contributed by atoms with van der Waals surface area (Å²) in [6.07, 6.45) is 0.586. The molecule has 8 heteroatoms. The summed E-state index contributed by atoms with van der Waals surface area (Å²) in [5, 5.41) is 5.12. The van der Waals surface area contributed by atoms with Gasteiger partial charge in [-0.05, 0) is 17.9 Å². The molecular formula is C20H28N2O6. The van der Waals surface area contributed by atoms with Gasteiger partial charge in [0.15, 0.2) is 6.61 Å². The van der Waals surface area contributed by atoms with Crippen molar-refractivity contribution in [2.75, 3.05) is 20.3 Å². The first kappa shape index (κ1) is 23.1. The minimum atomic E-state index is -0.784. The van der Waals surface area contributed by atoms with Crippen LogP contribution in [0.25, 0.3) is 0 Å². The molecule has 0 radical (unpaired) electrons. The Bertz CT molecular complexity index is 660. The number of carbonyl (C=O) groups is 4. The molecule has 0 aliphatic heterocycles. The molecule has 0 saturated carbocycles. The normalized spacial score (nSPS) is 11.4. The van der Waals surface area contributed by atoms with Crippen molar-refractivity contribution < 1.29 is 28.7 Å². The van der Waals surface area contributed by atoms with Gasteiger partial charge in [0.25, 0.3) is 5.91 Å². The fraction of sp³-hybridized carbons (Fsp3) is 0.500. The van der Waals surface area contributed by atoms with Gasteiger partial charge < -0.3 is 20.1 Å². The lowest BCUT2D eigenvalue weighted by Crippen LogP contribution is -2.44. The highest BCUT2D eigenvalue weighted by atomic mass is 16.5. The monoisotopic (exact) mass is 392 g/mol. The van der Waals surface area contributed by atoms with Gasteiger partial charge in [-0.1, -0.05) is 44.2 Å². The number of rotatable bonds is 11. The molecule has 0 aliphatic carbocycles. The van der Waals surface area contributed by atoms with Crippen LogP contribution in [0, 0.1) is 5.92 Å². The second-order valence-electron chi connectivity index (χ2n) is 6.70. The molecule has 1 unspecified atom stereocenters. The van der Waals surface area contributed by atoms with E-state index in [0.29, 0.717) is 6.42 Å². The number of amides is 2. The Morgan fingerprint density at radius 3 is 2.32 bits per heavy atom. The topological polar surface area (TPSA) is 111 Å². The molecular weight excluding hydrogens is 364 g/mol. The third-order valence-corrected chi connectivity index (χ3v) is 3.75. The second kappa shape index (κ2) is 12.5. The van der Waals surface area contributed by atoms with E-state index in [1.807, 2.05) is 44.2 Å². The summed E-state index contributed by atoms with van der Waals surface area (Å²) in [7, 11) is 1.24. The summed E-state index contributed by atoms with van der Waals surface area (Å²) in [5.41, 5.74) is 0.876. The Hall–Kier alpha value is -2.90. The summed E-state index contributed by atoms with van der Waals surface area (Å²) in [5.74, 6) is -1.78. The molecule has 0 spiro atoms. The second-order valence-corrected chi connectivity index (χ2v) is 6.70. The van der Waals surface area contributed by atoms with E-state index in [4.69, 9.17) is 4.74 Å². The fourth-order valence-corrected chi connectivity index (χ4v) is 2.43. The van der Waals surface area contributed by atoms with Crippen molar-refractivity contribution in [1.29, 1.82) is 0 Å². The van der Waals surface area contributed by atoms with E-state index in [1.54, 1.807) is 0 Å². The standard InChI is InChI=1S/C20H28N2O6/c1-14(2)11-16(20(26)27-3)22-18(24)13-28-19(25)9-10-21-17(23)12-15-7-5-4-6-8-15/h4-8,14,16H,9-13H2,1-3H3,(H,21,23)(H,22,24). The molecule has 0 aliphatic rings. The van der Waals surface area contributed by atoms with Crippen LogP contribution in [0.15, 0.2) is 30.3 Å². The minimum Gasteiger partial charge on any atom is -0.467 e. The van der Waals surface area contributed by atoms with Crippen LogP contribution >= 0.6 is 0 Å². The number of hydrogen-bond acceptors (Lipinski definition) is 6. The Balaban J connectivity index is 2.26. The maximum atomic E-state index is 11.9. The SMILES string of the molecule is COC(=O)C(CC(C)C)NC(=O)COC(=O)CCNC(=O)Cc1ccccc1. The van der Waals surface area contributed by atoms with E-state index in [9.17, 15) is 19.2 Å².